The topological polar surface area (TPSA) is 48.1 Å². The van der Waals surface area contributed by atoms with E-state index in [1.165, 1.54) is 10.9 Å². The van der Waals surface area contributed by atoms with Crippen LogP contribution in [-0.4, -0.2) is 14.0 Å². The summed E-state index contributed by atoms with van der Waals surface area (Å²) in [6.07, 6.45) is 0. The summed E-state index contributed by atoms with van der Waals surface area (Å²) < 4.78 is 0. The number of nitrogens with one attached hydrogen (secondary N) is 4. The number of anilines is 4. The fourth-order valence-electron chi connectivity index (χ4n) is 3.40. The van der Waals surface area contributed by atoms with Crippen LogP contribution >= 0.6 is 0 Å². The van der Waals surface area contributed by atoms with Crippen molar-refractivity contribution in [3.8, 4) is 0 Å². The molecule has 2 heterocycles. The van der Waals surface area contributed by atoms with Gasteiger partial charge in [0.05, 0.1) is 0 Å². The summed E-state index contributed by atoms with van der Waals surface area (Å²) in [5.41, 5.74) is 6.99. The Balaban J connectivity index is 1.41. The molecule has 3 aromatic rings. The van der Waals surface area contributed by atoms with Gasteiger partial charge in [0.1, 0.15) is 0 Å². The molecule has 2 aliphatic rings. The Hall–Kier alpha value is -3.01. The van der Waals surface area contributed by atoms with Crippen LogP contribution in [0.25, 0.3) is 0 Å². The van der Waals surface area contributed by atoms with Crippen LogP contribution in [0.2, 0.25) is 0 Å². The minimum Gasteiger partial charge on any atom is -0.404 e. The van der Waals surface area contributed by atoms with Crippen LogP contribution < -0.4 is 31.8 Å². The predicted octanol–water partition coefficient (Wildman–Crippen LogP) is 2.15. The first kappa shape index (κ1) is 13.4. The molecule has 6 heteroatoms. The summed E-state index contributed by atoms with van der Waals surface area (Å²) in [6, 6.07) is 25.2. The summed E-state index contributed by atoms with van der Waals surface area (Å²) in [5.74, 6) is 0. The van der Waals surface area contributed by atoms with Gasteiger partial charge in [0.2, 0.25) is 0 Å². The van der Waals surface area contributed by atoms with Crippen LogP contribution in [0.1, 0.15) is 0 Å². The van der Waals surface area contributed by atoms with Gasteiger partial charge in [-0.1, -0.05) is 60.7 Å². The largest absolute Gasteiger partial charge is 0.406 e. The third-order valence-electron chi connectivity index (χ3n) is 4.62. The minimum absolute atomic E-state index is 0.119. The van der Waals surface area contributed by atoms with E-state index in [-0.39, 0.29) is 14.0 Å². The zero-order valence-electron chi connectivity index (χ0n) is 13.1. The van der Waals surface area contributed by atoms with E-state index in [1.54, 1.807) is 0 Å². The Kier molecular flexibility index (Phi) is 2.95. The second kappa shape index (κ2) is 5.27. The Bertz CT molecular complexity index is 781. The normalized spacial score (nSPS) is 14.2. The first-order chi connectivity index (χ1) is 11.9. The van der Waals surface area contributed by atoms with Crippen molar-refractivity contribution in [1.82, 2.24) is 0 Å². The molecule has 0 saturated heterocycles. The van der Waals surface area contributed by atoms with Gasteiger partial charge in [-0.25, -0.2) is 0 Å². The Labute approximate surface area is 141 Å². The third kappa shape index (κ3) is 2.19. The molecule has 4 N–H and O–H groups in total. The van der Waals surface area contributed by atoms with Crippen LogP contribution in [0.4, 0.5) is 22.7 Å². The lowest BCUT2D eigenvalue weighted by Crippen LogP contribution is -2.42. The molecule has 4 nitrogen and oxygen atoms in total. The fourth-order valence-corrected chi connectivity index (χ4v) is 3.40. The standard InChI is InChI=1S/C18H16B2N4/c1-3-7-13(8-4-1)19-21-15-11-17-18(12-16(15)22-19)24-20(23-17)14-9-5-2-6-10-14/h1-12,21-24H. The van der Waals surface area contributed by atoms with Crippen LogP contribution in [0.5, 0.6) is 0 Å². The summed E-state index contributed by atoms with van der Waals surface area (Å²) in [7, 11) is 0. The predicted molar refractivity (Wildman–Crippen MR) is 105 cm³/mol. The second-order valence-corrected chi connectivity index (χ2v) is 6.21. The molecule has 0 radical (unpaired) electrons. The van der Waals surface area contributed by atoms with E-state index in [9.17, 15) is 0 Å². The second-order valence-electron chi connectivity index (χ2n) is 6.21. The van der Waals surface area contributed by atoms with Crippen LogP contribution in [0.3, 0.4) is 0 Å². The molecule has 0 spiro atoms. The molecule has 0 aliphatic carbocycles. The third-order valence-corrected chi connectivity index (χ3v) is 4.62. The lowest BCUT2D eigenvalue weighted by molar-refractivity contribution is 1.69. The van der Waals surface area contributed by atoms with Crippen molar-refractivity contribution in [2.24, 2.45) is 0 Å². The van der Waals surface area contributed by atoms with Gasteiger partial charge < -0.3 is 20.9 Å². The molecule has 114 valence electrons. The van der Waals surface area contributed by atoms with Gasteiger partial charge in [-0.15, -0.1) is 0 Å². The monoisotopic (exact) mass is 310 g/mol. The van der Waals surface area contributed by atoms with Crippen molar-refractivity contribution in [3.63, 3.8) is 0 Å². The molecule has 5 rings (SSSR count). The zero-order valence-corrected chi connectivity index (χ0v) is 13.1. The van der Waals surface area contributed by atoms with Gasteiger partial charge in [0, 0.05) is 22.7 Å². The summed E-state index contributed by atoms with van der Waals surface area (Å²) in [5, 5.41) is 14.2. The Morgan fingerprint density at radius 3 is 1.12 bits per heavy atom. The number of benzene rings is 3. The maximum Gasteiger partial charge on any atom is 0.406 e. The SMILES string of the molecule is c1ccc(B2Nc3cc4c(cc3N2)NB(c2ccccc2)N4)cc1. The molecule has 0 bridgehead atoms. The van der Waals surface area contributed by atoms with Crippen molar-refractivity contribution in [2.75, 3.05) is 20.9 Å². The van der Waals surface area contributed by atoms with Crippen LogP contribution in [-0.2, 0) is 0 Å². The average molecular weight is 310 g/mol. The smallest absolute Gasteiger partial charge is 0.404 e. The molecule has 2 aliphatic heterocycles. The molecule has 0 aromatic heterocycles. The molecule has 0 saturated carbocycles. The molecule has 0 fully saturated rings. The highest BCUT2D eigenvalue weighted by Gasteiger charge is 2.32. The maximum absolute atomic E-state index is 3.56. The highest BCUT2D eigenvalue weighted by Crippen LogP contribution is 2.38. The van der Waals surface area contributed by atoms with E-state index in [0.29, 0.717) is 0 Å². The van der Waals surface area contributed by atoms with Crippen LogP contribution in [0, 0.1) is 0 Å². The molecule has 0 amide bonds. The molecular formula is C18H16B2N4. The zero-order chi connectivity index (χ0) is 15.9. The van der Waals surface area contributed by atoms with Gasteiger partial charge in [-0.05, 0) is 23.1 Å². The maximum atomic E-state index is 3.56. The Morgan fingerprint density at radius 2 is 0.792 bits per heavy atom. The van der Waals surface area contributed by atoms with Gasteiger partial charge in [-0.3, -0.25) is 0 Å². The van der Waals surface area contributed by atoms with Gasteiger partial charge in [0.15, 0.2) is 0 Å². The first-order valence-corrected chi connectivity index (χ1v) is 8.21. The lowest BCUT2D eigenvalue weighted by Gasteiger charge is -2.07. The number of rotatable bonds is 2. The summed E-state index contributed by atoms with van der Waals surface area (Å²) >= 11 is 0. The van der Waals surface area contributed by atoms with Crippen molar-refractivity contribution in [3.05, 3.63) is 72.8 Å². The van der Waals surface area contributed by atoms with Crippen molar-refractivity contribution < 1.29 is 0 Å². The molecule has 3 aromatic carbocycles. The number of hydrogen-bond donors (Lipinski definition) is 4. The van der Waals surface area contributed by atoms with E-state index in [2.05, 4.69) is 81.6 Å². The fraction of sp³-hybridized carbons (Fsp3) is 0. The molecular weight excluding hydrogens is 294 g/mol. The van der Waals surface area contributed by atoms with Gasteiger partial charge in [-0.2, -0.15) is 0 Å². The van der Waals surface area contributed by atoms with E-state index in [4.69, 9.17) is 0 Å². The van der Waals surface area contributed by atoms with E-state index < -0.39 is 0 Å². The summed E-state index contributed by atoms with van der Waals surface area (Å²) in [6.45, 7) is 0.238. The molecule has 24 heavy (non-hydrogen) atoms. The highest BCUT2D eigenvalue weighted by atomic mass is 15.1. The quantitative estimate of drug-likeness (QED) is 0.548. The van der Waals surface area contributed by atoms with Crippen LogP contribution in [0.15, 0.2) is 72.8 Å². The number of hydrogen-bond acceptors (Lipinski definition) is 4. The lowest BCUT2D eigenvalue weighted by atomic mass is 9.69. The average Bonchev–Trinajstić information content (AvgIpc) is 3.24. The molecule has 0 unspecified atom stereocenters. The van der Waals surface area contributed by atoms with Crippen molar-refractivity contribution in [1.29, 1.82) is 0 Å². The van der Waals surface area contributed by atoms with Gasteiger partial charge >= 0.3 is 14.0 Å². The first-order valence-electron chi connectivity index (χ1n) is 8.21. The van der Waals surface area contributed by atoms with Crippen molar-refractivity contribution in [2.45, 2.75) is 0 Å². The number of fused-ring (bicyclic) bond motifs is 2. The van der Waals surface area contributed by atoms with E-state index in [1.807, 2.05) is 12.1 Å². The van der Waals surface area contributed by atoms with Crippen molar-refractivity contribution >= 4 is 47.6 Å². The molecule has 0 atom stereocenters. The van der Waals surface area contributed by atoms with E-state index >= 15 is 0 Å². The highest BCUT2D eigenvalue weighted by molar-refractivity contribution is 6.82. The Morgan fingerprint density at radius 1 is 0.458 bits per heavy atom. The van der Waals surface area contributed by atoms with Gasteiger partial charge in [0.25, 0.3) is 0 Å². The minimum atomic E-state index is 0.119. The van der Waals surface area contributed by atoms with E-state index in [0.717, 1.165) is 22.7 Å². The summed E-state index contributed by atoms with van der Waals surface area (Å²) in [4.78, 5) is 0.